The minimum absolute atomic E-state index is 0.240. The van der Waals surface area contributed by atoms with Gasteiger partial charge in [-0.25, -0.2) is 17.2 Å². The van der Waals surface area contributed by atoms with Crippen LogP contribution in [0.4, 0.5) is 8.78 Å². The van der Waals surface area contributed by atoms with Gasteiger partial charge >= 0.3 is 0 Å². The average molecular weight is 491 g/mol. The van der Waals surface area contributed by atoms with Crippen molar-refractivity contribution >= 4 is 21.6 Å². The molecule has 1 saturated heterocycles. The molecule has 174 valence electrons. The summed E-state index contributed by atoms with van der Waals surface area (Å²) in [6.45, 7) is 5.10. The Morgan fingerprint density at radius 2 is 1.27 bits per heavy atom. The Hall–Kier alpha value is -2.32. The van der Waals surface area contributed by atoms with Crippen LogP contribution in [0.5, 0.6) is 0 Å². The van der Waals surface area contributed by atoms with Crippen LogP contribution in [0.2, 0.25) is 5.02 Å². The van der Waals surface area contributed by atoms with E-state index in [1.807, 2.05) is 0 Å². The molecule has 0 aromatic heterocycles. The molecule has 0 saturated carbocycles. The van der Waals surface area contributed by atoms with E-state index in [9.17, 15) is 17.2 Å². The van der Waals surface area contributed by atoms with Crippen LogP contribution in [-0.2, 0) is 10.0 Å². The number of halogens is 3. The molecule has 0 amide bonds. The number of rotatable bonds is 5. The molecule has 0 atom stereocenters. The number of aryl methyl sites for hydroxylation is 2. The highest BCUT2D eigenvalue weighted by molar-refractivity contribution is 7.89. The number of benzene rings is 3. The van der Waals surface area contributed by atoms with E-state index < -0.39 is 10.0 Å². The van der Waals surface area contributed by atoms with E-state index in [1.54, 1.807) is 50.2 Å². The van der Waals surface area contributed by atoms with Crippen LogP contribution in [0.25, 0.3) is 0 Å². The van der Waals surface area contributed by atoms with Crippen molar-refractivity contribution in [1.82, 2.24) is 9.21 Å². The third-order valence-electron chi connectivity index (χ3n) is 6.08. The highest BCUT2D eigenvalue weighted by atomic mass is 35.5. The van der Waals surface area contributed by atoms with Gasteiger partial charge in [0, 0.05) is 31.2 Å². The fraction of sp³-hybridized carbons (Fsp3) is 0.280. The molecule has 1 aliphatic heterocycles. The molecule has 1 heterocycles. The van der Waals surface area contributed by atoms with Crippen molar-refractivity contribution in [2.24, 2.45) is 0 Å². The first-order chi connectivity index (χ1) is 15.7. The molecule has 8 heteroatoms. The summed E-state index contributed by atoms with van der Waals surface area (Å²) < 4.78 is 55.2. The zero-order chi connectivity index (χ0) is 23.8. The summed E-state index contributed by atoms with van der Waals surface area (Å²) in [6, 6.07) is 15.5. The minimum Gasteiger partial charge on any atom is -0.290 e. The molecule has 1 aliphatic rings. The SMILES string of the molecule is Cc1cc(S(=O)(=O)N2CCN(C(c3ccc(F)cc3)c3ccc(F)cc3)CC2)c(C)cc1Cl. The van der Waals surface area contributed by atoms with Gasteiger partial charge in [-0.1, -0.05) is 35.9 Å². The van der Waals surface area contributed by atoms with Crippen molar-refractivity contribution in [2.75, 3.05) is 26.2 Å². The van der Waals surface area contributed by atoms with Crippen molar-refractivity contribution in [3.63, 3.8) is 0 Å². The summed E-state index contributed by atoms with van der Waals surface area (Å²) in [7, 11) is -3.67. The highest BCUT2D eigenvalue weighted by Gasteiger charge is 2.33. The monoisotopic (exact) mass is 490 g/mol. The summed E-state index contributed by atoms with van der Waals surface area (Å²) in [5.41, 5.74) is 3.06. The number of hydrogen-bond donors (Lipinski definition) is 0. The smallest absolute Gasteiger partial charge is 0.243 e. The first kappa shape index (κ1) is 23.8. The Morgan fingerprint density at radius 3 is 1.76 bits per heavy atom. The molecule has 0 spiro atoms. The van der Waals surface area contributed by atoms with Gasteiger partial charge in [0.2, 0.25) is 10.0 Å². The van der Waals surface area contributed by atoms with Gasteiger partial charge in [-0.2, -0.15) is 4.31 Å². The lowest BCUT2D eigenvalue weighted by atomic mass is 9.96. The van der Waals surface area contributed by atoms with Gasteiger partial charge in [-0.05, 0) is 72.5 Å². The predicted molar refractivity (Wildman–Crippen MR) is 126 cm³/mol. The molecule has 1 fully saturated rings. The molecule has 0 unspecified atom stereocenters. The molecule has 4 nitrogen and oxygen atoms in total. The molecule has 0 N–H and O–H groups in total. The van der Waals surface area contributed by atoms with Crippen LogP contribution < -0.4 is 0 Å². The zero-order valence-electron chi connectivity index (χ0n) is 18.4. The highest BCUT2D eigenvalue weighted by Crippen LogP contribution is 2.32. The van der Waals surface area contributed by atoms with Gasteiger partial charge < -0.3 is 0 Å². The second-order valence-corrected chi connectivity index (χ2v) is 10.6. The van der Waals surface area contributed by atoms with Gasteiger partial charge in [0.25, 0.3) is 0 Å². The first-order valence-corrected chi connectivity index (χ1v) is 12.5. The third-order valence-corrected chi connectivity index (χ3v) is 8.53. The second kappa shape index (κ2) is 9.50. The fourth-order valence-corrected chi connectivity index (χ4v) is 6.21. The molecule has 4 rings (SSSR count). The molecule has 3 aromatic carbocycles. The Balaban J connectivity index is 1.59. The van der Waals surface area contributed by atoms with Crippen molar-refractivity contribution in [3.05, 3.63) is 99.6 Å². The van der Waals surface area contributed by atoms with Crippen molar-refractivity contribution in [1.29, 1.82) is 0 Å². The van der Waals surface area contributed by atoms with Crippen LogP contribution in [0.3, 0.4) is 0 Å². The van der Waals surface area contributed by atoms with Crippen LogP contribution in [0.1, 0.15) is 28.3 Å². The Bertz CT molecular complexity index is 1200. The van der Waals surface area contributed by atoms with E-state index in [2.05, 4.69) is 4.90 Å². The minimum atomic E-state index is -3.67. The lowest BCUT2D eigenvalue weighted by molar-refractivity contribution is 0.155. The molecule has 0 aliphatic carbocycles. The molecule has 33 heavy (non-hydrogen) atoms. The molecular formula is C25H25ClF2N2O2S. The van der Waals surface area contributed by atoms with Gasteiger partial charge in [0.15, 0.2) is 0 Å². The van der Waals surface area contributed by atoms with E-state index in [0.29, 0.717) is 42.3 Å². The summed E-state index contributed by atoms with van der Waals surface area (Å²) in [5, 5.41) is 0.540. The van der Waals surface area contributed by atoms with E-state index >= 15 is 0 Å². The van der Waals surface area contributed by atoms with Crippen LogP contribution in [-0.4, -0.2) is 43.8 Å². The van der Waals surface area contributed by atoms with E-state index in [0.717, 1.165) is 11.1 Å². The molecule has 3 aromatic rings. The van der Waals surface area contributed by atoms with Crippen molar-refractivity contribution < 1.29 is 17.2 Å². The van der Waals surface area contributed by atoms with Gasteiger partial charge in [0.1, 0.15) is 11.6 Å². The number of nitrogens with zero attached hydrogens (tertiary/aromatic N) is 2. The standard InChI is InChI=1S/C25H25ClF2N2O2S/c1-17-16-24(18(2)15-23(17)26)33(31,32)30-13-11-29(12-14-30)25(19-3-7-21(27)8-4-19)20-5-9-22(28)10-6-20/h3-10,15-16,25H,11-14H2,1-2H3. The van der Waals surface area contributed by atoms with Crippen LogP contribution in [0.15, 0.2) is 65.6 Å². The largest absolute Gasteiger partial charge is 0.290 e. The Morgan fingerprint density at radius 1 is 0.788 bits per heavy atom. The van der Waals surface area contributed by atoms with Crippen molar-refractivity contribution in [3.8, 4) is 0 Å². The van der Waals surface area contributed by atoms with Gasteiger partial charge in [-0.3, -0.25) is 4.90 Å². The number of piperazine rings is 1. The Kier molecular flexibility index (Phi) is 6.86. The second-order valence-electron chi connectivity index (χ2n) is 8.31. The summed E-state index contributed by atoms with van der Waals surface area (Å²) in [4.78, 5) is 2.42. The van der Waals surface area contributed by atoms with Gasteiger partial charge in [-0.15, -0.1) is 0 Å². The summed E-state index contributed by atoms with van der Waals surface area (Å²) >= 11 is 6.15. The quantitative estimate of drug-likeness (QED) is 0.485. The van der Waals surface area contributed by atoms with Gasteiger partial charge in [0.05, 0.1) is 10.9 Å². The van der Waals surface area contributed by atoms with E-state index in [-0.39, 0.29) is 22.6 Å². The maximum Gasteiger partial charge on any atom is 0.243 e. The lowest BCUT2D eigenvalue weighted by Crippen LogP contribution is -2.49. The Labute approximate surface area is 198 Å². The van der Waals surface area contributed by atoms with Crippen molar-refractivity contribution in [2.45, 2.75) is 24.8 Å². The zero-order valence-corrected chi connectivity index (χ0v) is 20.0. The maximum absolute atomic E-state index is 13.5. The first-order valence-electron chi connectivity index (χ1n) is 10.7. The number of hydrogen-bond acceptors (Lipinski definition) is 3. The summed E-state index contributed by atoms with van der Waals surface area (Å²) in [5.74, 6) is -0.665. The molecule has 0 radical (unpaired) electrons. The normalized spacial score (nSPS) is 15.8. The van der Waals surface area contributed by atoms with Crippen LogP contribution in [0, 0.1) is 25.5 Å². The predicted octanol–water partition coefficient (Wildman–Crippen LogP) is 5.33. The molecular weight excluding hydrogens is 466 g/mol. The third kappa shape index (κ3) is 4.96. The summed E-state index contributed by atoms with van der Waals surface area (Å²) in [6.07, 6.45) is 0. The average Bonchev–Trinajstić information content (AvgIpc) is 2.79. The van der Waals surface area contributed by atoms with E-state index in [1.165, 1.54) is 28.6 Å². The maximum atomic E-state index is 13.5. The van der Waals surface area contributed by atoms with Crippen LogP contribution >= 0.6 is 11.6 Å². The fourth-order valence-electron chi connectivity index (χ4n) is 4.28. The van der Waals surface area contributed by atoms with E-state index in [4.69, 9.17) is 11.6 Å². The molecule has 0 bridgehead atoms. The number of sulfonamides is 1. The topological polar surface area (TPSA) is 40.6 Å². The lowest BCUT2D eigenvalue weighted by Gasteiger charge is -2.39.